The lowest BCUT2D eigenvalue weighted by atomic mass is 9.95. The maximum absolute atomic E-state index is 13.1. The lowest BCUT2D eigenvalue weighted by molar-refractivity contribution is 0.319. The summed E-state index contributed by atoms with van der Waals surface area (Å²) < 4.78 is 28.6. The number of nitrogens with zero attached hydrogens (tertiary/aromatic N) is 3. The van der Waals surface area contributed by atoms with Crippen molar-refractivity contribution in [3.8, 4) is 0 Å². The Kier molecular flexibility index (Phi) is 5.92. The quantitative estimate of drug-likeness (QED) is 0.807. The van der Waals surface area contributed by atoms with E-state index in [-0.39, 0.29) is 23.4 Å². The number of sulfonamides is 1. The highest BCUT2D eigenvalue weighted by Crippen LogP contribution is 2.30. The Bertz CT molecular complexity index is 1030. The summed E-state index contributed by atoms with van der Waals surface area (Å²) in [5, 5.41) is 6.40. The van der Waals surface area contributed by atoms with Gasteiger partial charge in [0.05, 0.1) is 17.2 Å². The van der Waals surface area contributed by atoms with Crippen LogP contribution in [0.25, 0.3) is 10.8 Å². The summed E-state index contributed by atoms with van der Waals surface area (Å²) in [7, 11) is -3.25. The lowest BCUT2D eigenvalue weighted by Gasteiger charge is -2.35. The van der Waals surface area contributed by atoms with Crippen molar-refractivity contribution in [3.63, 3.8) is 0 Å². The minimum absolute atomic E-state index is 0.0171. The lowest BCUT2D eigenvalue weighted by Crippen LogP contribution is -2.48. The highest BCUT2D eigenvalue weighted by atomic mass is 32.2. The smallest absolute Gasteiger partial charge is 0.275 e. The number of hydrogen-bond donors (Lipinski definition) is 1. The third-order valence-corrected chi connectivity index (χ3v) is 7.63. The molecule has 8 heteroatoms. The number of rotatable bonds is 5. The third-order valence-electron chi connectivity index (χ3n) is 6.18. The molecule has 1 aliphatic carbocycles. The number of anilines is 1. The van der Waals surface area contributed by atoms with Crippen molar-refractivity contribution in [2.75, 3.05) is 23.7 Å². The van der Waals surface area contributed by atoms with Gasteiger partial charge in [-0.15, -0.1) is 0 Å². The first kappa shape index (κ1) is 20.3. The molecule has 7 nitrogen and oxygen atoms in total. The maximum Gasteiger partial charge on any atom is 0.275 e. The maximum atomic E-state index is 13.1. The summed E-state index contributed by atoms with van der Waals surface area (Å²) in [6, 6.07) is 7.67. The van der Waals surface area contributed by atoms with Crippen LogP contribution in [0.15, 0.2) is 29.1 Å². The zero-order valence-corrected chi connectivity index (χ0v) is 17.8. The molecule has 0 bridgehead atoms. The third kappa shape index (κ3) is 4.33. The highest BCUT2D eigenvalue weighted by molar-refractivity contribution is 7.89. The summed E-state index contributed by atoms with van der Waals surface area (Å²) in [6.07, 6.45) is 7.16. The zero-order valence-electron chi connectivity index (χ0n) is 17.0. The van der Waals surface area contributed by atoms with E-state index in [0.717, 1.165) is 56.3 Å². The molecule has 1 aromatic heterocycles. The number of nitrogens with one attached hydrogen (secondary N) is 1. The van der Waals surface area contributed by atoms with Crippen LogP contribution in [-0.2, 0) is 10.0 Å². The zero-order chi connectivity index (χ0) is 20.4. The van der Waals surface area contributed by atoms with Crippen LogP contribution in [0.5, 0.6) is 0 Å². The Morgan fingerprint density at radius 3 is 2.52 bits per heavy atom. The van der Waals surface area contributed by atoms with Gasteiger partial charge in [0.15, 0.2) is 5.82 Å². The molecule has 0 amide bonds. The first-order valence-corrected chi connectivity index (χ1v) is 12.4. The average Bonchev–Trinajstić information content (AvgIpc) is 2.75. The Hall–Kier alpha value is -1.93. The molecule has 2 fully saturated rings. The topological polar surface area (TPSA) is 84.3 Å². The fourth-order valence-corrected chi connectivity index (χ4v) is 5.47. The number of piperidine rings is 1. The molecule has 1 N–H and O–H groups in total. The first-order valence-electron chi connectivity index (χ1n) is 10.7. The van der Waals surface area contributed by atoms with E-state index in [4.69, 9.17) is 5.10 Å². The molecule has 1 atom stereocenters. The van der Waals surface area contributed by atoms with Crippen molar-refractivity contribution < 1.29 is 8.42 Å². The molecule has 4 rings (SSSR count). The number of aromatic nitrogens is 2. The fraction of sp³-hybridized carbons (Fsp3) is 0.619. The molecule has 29 heavy (non-hydrogen) atoms. The Morgan fingerprint density at radius 2 is 1.79 bits per heavy atom. The van der Waals surface area contributed by atoms with Crippen LogP contribution in [0.4, 0.5) is 5.82 Å². The number of fused-ring (bicyclic) bond motifs is 1. The van der Waals surface area contributed by atoms with E-state index in [1.807, 2.05) is 24.3 Å². The van der Waals surface area contributed by atoms with Gasteiger partial charge in [-0.2, -0.15) is 5.10 Å². The highest BCUT2D eigenvalue weighted by Gasteiger charge is 2.27. The summed E-state index contributed by atoms with van der Waals surface area (Å²) in [4.78, 5) is 15.3. The summed E-state index contributed by atoms with van der Waals surface area (Å²) >= 11 is 0. The molecule has 0 spiro atoms. The van der Waals surface area contributed by atoms with Crippen LogP contribution in [0.3, 0.4) is 0 Å². The van der Waals surface area contributed by atoms with Crippen molar-refractivity contribution in [2.24, 2.45) is 0 Å². The molecule has 1 unspecified atom stereocenters. The molecule has 2 aromatic rings. The van der Waals surface area contributed by atoms with Crippen molar-refractivity contribution in [3.05, 3.63) is 34.6 Å². The van der Waals surface area contributed by atoms with Gasteiger partial charge in [-0.1, -0.05) is 37.5 Å². The minimum atomic E-state index is -3.25. The molecule has 2 heterocycles. The van der Waals surface area contributed by atoms with E-state index in [2.05, 4.69) is 9.62 Å². The predicted molar refractivity (Wildman–Crippen MR) is 116 cm³/mol. The van der Waals surface area contributed by atoms with Gasteiger partial charge in [0.1, 0.15) is 0 Å². The first-order chi connectivity index (χ1) is 14.0. The van der Waals surface area contributed by atoms with E-state index >= 15 is 0 Å². The summed E-state index contributed by atoms with van der Waals surface area (Å²) in [5.41, 5.74) is -0.0171. The second-order valence-corrected chi connectivity index (χ2v) is 10.3. The Labute approximate surface area is 172 Å². The Morgan fingerprint density at radius 1 is 1.07 bits per heavy atom. The SMILES string of the molecule is CCS(=O)(=O)NC1CCCN(c2nn(C3CCCCC3)c(=O)c3ccccc23)C1. The predicted octanol–water partition coefficient (Wildman–Crippen LogP) is 2.81. The van der Waals surface area contributed by atoms with E-state index < -0.39 is 10.0 Å². The monoisotopic (exact) mass is 418 g/mol. The minimum Gasteiger partial charge on any atom is -0.353 e. The van der Waals surface area contributed by atoms with Crippen molar-refractivity contribution in [1.82, 2.24) is 14.5 Å². The van der Waals surface area contributed by atoms with Crippen LogP contribution >= 0.6 is 0 Å². The van der Waals surface area contributed by atoms with Gasteiger partial charge >= 0.3 is 0 Å². The van der Waals surface area contributed by atoms with Gasteiger partial charge in [0.2, 0.25) is 10.0 Å². The summed E-state index contributed by atoms with van der Waals surface area (Å²) in [6.45, 7) is 3.03. The van der Waals surface area contributed by atoms with Gasteiger partial charge < -0.3 is 4.90 Å². The van der Waals surface area contributed by atoms with Gasteiger partial charge in [-0.25, -0.2) is 17.8 Å². The van der Waals surface area contributed by atoms with Gasteiger partial charge in [-0.3, -0.25) is 4.79 Å². The van der Waals surface area contributed by atoms with Crippen molar-refractivity contribution >= 4 is 26.6 Å². The van der Waals surface area contributed by atoms with E-state index in [0.29, 0.717) is 11.9 Å². The van der Waals surface area contributed by atoms with Crippen molar-refractivity contribution in [2.45, 2.75) is 64.0 Å². The second-order valence-electron chi connectivity index (χ2n) is 8.22. The molecule has 1 saturated carbocycles. The largest absolute Gasteiger partial charge is 0.353 e. The van der Waals surface area contributed by atoms with E-state index in [9.17, 15) is 13.2 Å². The molecule has 1 aliphatic heterocycles. The average molecular weight is 419 g/mol. The molecular weight excluding hydrogens is 388 g/mol. The molecule has 1 saturated heterocycles. The molecule has 0 radical (unpaired) electrons. The van der Waals surface area contributed by atoms with Crippen LogP contribution in [0.1, 0.15) is 57.9 Å². The van der Waals surface area contributed by atoms with Gasteiger partial charge in [0.25, 0.3) is 5.56 Å². The van der Waals surface area contributed by atoms with Crippen LogP contribution in [-0.4, -0.2) is 43.1 Å². The molecule has 1 aromatic carbocycles. The number of hydrogen-bond acceptors (Lipinski definition) is 5. The summed E-state index contributed by atoms with van der Waals surface area (Å²) in [5.74, 6) is 0.878. The van der Waals surface area contributed by atoms with Gasteiger partial charge in [-0.05, 0) is 38.7 Å². The normalized spacial score (nSPS) is 21.6. The standard InChI is InChI=1S/C21H30N4O3S/c1-2-29(27,28)23-16-9-8-14-24(15-16)20-18-12-6-7-13-19(18)21(26)25(22-20)17-10-4-3-5-11-17/h6-7,12-13,16-17,23H,2-5,8-11,14-15H2,1H3. The van der Waals surface area contributed by atoms with Gasteiger partial charge in [0, 0.05) is 24.5 Å². The molecule has 158 valence electrons. The van der Waals surface area contributed by atoms with E-state index in [1.54, 1.807) is 11.6 Å². The van der Waals surface area contributed by atoms with Crippen LogP contribution < -0.4 is 15.2 Å². The molecular formula is C21H30N4O3S. The second kappa shape index (κ2) is 8.44. The van der Waals surface area contributed by atoms with Crippen molar-refractivity contribution in [1.29, 1.82) is 0 Å². The molecule has 2 aliphatic rings. The fourth-order valence-electron chi connectivity index (χ4n) is 4.60. The number of benzene rings is 1. The van der Waals surface area contributed by atoms with Crippen LogP contribution in [0.2, 0.25) is 0 Å². The Balaban J connectivity index is 1.72. The van der Waals surface area contributed by atoms with Crippen LogP contribution in [0, 0.1) is 0 Å². The van der Waals surface area contributed by atoms with E-state index in [1.165, 1.54) is 6.42 Å².